The number of aromatic nitrogens is 2. The van der Waals surface area contributed by atoms with Gasteiger partial charge in [-0.05, 0) is 0 Å². The second-order valence-electron chi connectivity index (χ2n) is 3.09. The fraction of sp³-hybridized carbons (Fsp3) is 0.500. The molecule has 76 valence electrons. The number of aromatic carboxylic acids is 1. The molecule has 1 aliphatic rings. The number of hydrogen-bond donors (Lipinski definition) is 2. The molecule has 1 atom stereocenters. The van der Waals surface area contributed by atoms with Gasteiger partial charge < -0.3 is 14.9 Å². The molecular formula is C8H10N2O4. The Labute approximate surface area is 79.7 Å². The summed E-state index contributed by atoms with van der Waals surface area (Å²) in [4.78, 5) is 10.6. The van der Waals surface area contributed by atoms with Crippen molar-refractivity contribution in [3.05, 3.63) is 11.8 Å². The van der Waals surface area contributed by atoms with Crippen molar-refractivity contribution in [3.63, 3.8) is 0 Å². The summed E-state index contributed by atoms with van der Waals surface area (Å²) >= 11 is 0. The lowest BCUT2D eigenvalue weighted by Crippen LogP contribution is -2.24. The van der Waals surface area contributed by atoms with Crippen LogP contribution in [0.5, 0.6) is 5.88 Å². The van der Waals surface area contributed by atoms with Crippen molar-refractivity contribution in [2.45, 2.75) is 12.5 Å². The van der Waals surface area contributed by atoms with Crippen LogP contribution >= 0.6 is 0 Å². The van der Waals surface area contributed by atoms with Crippen molar-refractivity contribution in [1.82, 2.24) is 9.78 Å². The summed E-state index contributed by atoms with van der Waals surface area (Å²) in [6.07, 6.45) is 0.643. The molecule has 6 heteroatoms. The summed E-state index contributed by atoms with van der Waals surface area (Å²) in [6, 6.07) is 1.19. The molecule has 2 heterocycles. The van der Waals surface area contributed by atoms with Crippen LogP contribution in [0.15, 0.2) is 6.07 Å². The zero-order valence-corrected chi connectivity index (χ0v) is 7.38. The van der Waals surface area contributed by atoms with E-state index in [2.05, 4.69) is 5.10 Å². The fourth-order valence-corrected chi connectivity index (χ4v) is 1.44. The topological polar surface area (TPSA) is 84.6 Å². The van der Waals surface area contributed by atoms with E-state index in [1.165, 1.54) is 10.7 Å². The summed E-state index contributed by atoms with van der Waals surface area (Å²) in [7, 11) is 0. The van der Waals surface area contributed by atoms with Crippen molar-refractivity contribution in [3.8, 4) is 5.88 Å². The van der Waals surface area contributed by atoms with Crippen LogP contribution in [0, 0.1) is 0 Å². The number of fused-ring (bicyclic) bond motifs is 1. The Hall–Kier alpha value is -1.56. The molecule has 0 amide bonds. The molecule has 0 fully saturated rings. The predicted molar refractivity (Wildman–Crippen MR) is 45.4 cm³/mol. The molecule has 1 unspecified atom stereocenters. The smallest absolute Gasteiger partial charge is 0.356 e. The van der Waals surface area contributed by atoms with E-state index in [4.69, 9.17) is 14.9 Å². The van der Waals surface area contributed by atoms with Gasteiger partial charge in [-0.15, -0.1) is 0 Å². The highest BCUT2D eigenvalue weighted by Crippen LogP contribution is 2.25. The van der Waals surface area contributed by atoms with Gasteiger partial charge in [-0.2, -0.15) is 5.10 Å². The third kappa shape index (κ3) is 1.33. The third-order valence-corrected chi connectivity index (χ3v) is 2.18. The first kappa shape index (κ1) is 9.01. The van der Waals surface area contributed by atoms with E-state index in [-0.39, 0.29) is 18.3 Å². The van der Waals surface area contributed by atoms with Gasteiger partial charge in [0.2, 0.25) is 5.88 Å². The molecule has 0 radical (unpaired) electrons. The Morgan fingerprint density at radius 2 is 2.57 bits per heavy atom. The Morgan fingerprint density at radius 3 is 3.21 bits per heavy atom. The third-order valence-electron chi connectivity index (χ3n) is 2.18. The summed E-state index contributed by atoms with van der Waals surface area (Å²) in [5.74, 6) is -0.681. The normalized spacial score (nSPS) is 19.9. The zero-order valence-electron chi connectivity index (χ0n) is 7.38. The predicted octanol–water partition coefficient (Wildman–Crippen LogP) is -0.103. The van der Waals surface area contributed by atoms with Gasteiger partial charge in [0, 0.05) is 12.5 Å². The fourth-order valence-electron chi connectivity index (χ4n) is 1.44. The minimum atomic E-state index is -1.09. The van der Waals surface area contributed by atoms with Crippen LogP contribution < -0.4 is 4.74 Å². The van der Waals surface area contributed by atoms with Gasteiger partial charge in [0.05, 0.1) is 19.3 Å². The van der Waals surface area contributed by atoms with Gasteiger partial charge in [-0.1, -0.05) is 0 Å². The molecular weight excluding hydrogens is 188 g/mol. The molecule has 0 aromatic carbocycles. The maximum atomic E-state index is 10.6. The lowest BCUT2D eigenvalue weighted by molar-refractivity contribution is 0.0687. The van der Waals surface area contributed by atoms with Crippen molar-refractivity contribution in [2.75, 3.05) is 13.2 Å². The average Bonchev–Trinajstić information content (AvgIpc) is 2.60. The molecule has 2 N–H and O–H groups in total. The first-order valence-corrected chi connectivity index (χ1v) is 4.29. The Bertz CT molecular complexity index is 360. The molecule has 1 aromatic rings. The minimum Gasteiger partial charge on any atom is -0.478 e. The highest BCUT2D eigenvalue weighted by atomic mass is 16.5. The van der Waals surface area contributed by atoms with E-state index in [1.807, 2.05) is 0 Å². The van der Waals surface area contributed by atoms with Gasteiger partial charge in [0.1, 0.15) is 0 Å². The summed E-state index contributed by atoms with van der Waals surface area (Å²) in [5.41, 5.74) is -0.0552. The number of carboxylic acids is 1. The van der Waals surface area contributed by atoms with Crippen LogP contribution in [0.25, 0.3) is 0 Å². The molecule has 0 bridgehead atoms. The van der Waals surface area contributed by atoms with Gasteiger partial charge in [-0.25, -0.2) is 9.48 Å². The maximum Gasteiger partial charge on any atom is 0.356 e. The van der Waals surface area contributed by atoms with Gasteiger partial charge >= 0.3 is 5.97 Å². The van der Waals surface area contributed by atoms with Gasteiger partial charge in [0.15, 0.2) is 5.69 Å². The molecule has 0 saturated carbocycles. The lowest BCUT2D eigenvalue weighted by Gasteiger charge is -2.22. The lowest BCUT2D eigenvalue weighted by atomic mass is 10.2. The van der Waals surface area contributed by atoms with Gasteiger partial charge in [-0.3, -0.25) is 0 Å². The van der Waals surface area contributed by atoms with Crippen molar-refractivity contribution in [2.24, 2.45) is 0 Å². The van der Waals surface area contributed by atoms with E-state index in [0.29, 0.717) is 18.9 Å². The number of aliphatic hydroxyl groups is 1. The summed E-state index contributed by atoms with van der Waals surface area (Å²) in [5, 5.41) is 21.6. The number of carboxylic acid groups (broad SMARTS) is 1. The molecule has 14 heavy (non-hydrogen) atoms. The van der Waals surface area contributed by atoms with E-state index >= 15 is 0 Å². The van der Waals surface area contributed by atoms with Crippen molar-refractivity contribution in [1.29, 1.82) is 0 Å². The van der Waals surface area contributed by atoms with E-state index in [0.717, 1.165) is 0 Å². The van der Waals surface area contributed by atoms with Crippen LogP contribution in [0.3, 0.4) is 0 Å². The number of rotatable bonds is 2. The standard InChI is InChI=1S/C8H10N2O4/c11-4-5-1-2-14-7-3-6(8(12)13)9-10(5)7/h3,5,11H,1-2,4H2,(H,12,13). The van der Waals surface area contributed by atoms with E-state index in [9.17, 15) is 4.79 Å². The molecule has 6 nitrogen and oxygen atoms in total. The van der Waals surface area contributed by atoms with Crippen LogP contribution in [0.2, 0.25) is 0 Å². The monoisotopic (exact) mass is 198 g/mol. The molecule has 1 aromatic heterocycles. The minimum absolute atomic E-state index is 0.0552. The van der Waals surface area contributed by atoms with Crippen LogP contribution in [-0.2, 0) is 0 Å². The van der Waals surface area contributed by atoms with E-state index < -0.39 is 5.97 Å². The molecule has 2 rings (SSSR count). The van der Waals surface area contributed by atoms with Gasteiger partial charge in [0.25, 0.3) is 0 Å². The summed E-state index contributed by atoms with van der Waals surface area (Å²) in [6.45, 7) is 0.424. The highest BCUT2D eigenvalue weighted by molar-refractivity contribution is 5.85. The number of aliphatic hydroxyl groups excluding tert-OH is 1. The molecule has 1 aliphatic heterocycles. The quantitative estimate of drug-likeness (QED) is 0.693. The Morgan fingerprint density at radius 1 is 1.79 bits per heavy atom. The molecule has 0 aliphatic carbocycles. The van der Waals surface area contributed by atoms with Crippen molar-refractivity contribution < 1.29 is 19.7 Å². The number of carbonyl (C=O) groups is 1. The largest absolute Gasteiger partial charge is 0.478 e. The number of hydrogen-bond acceptors (Lipinski definition) is 4. The first-order chi connectivity index (χ1) is 6.72. The first-order valence-electron chi connectivity index (χ1n) is 4.29. The second-order valence-corrected chi connectivity index (χ2v) is 3.09. The average molecular weight is 198 g/mol. The summed E-state index contributed by atoms with van der Waals surface area (Å²) < 4.78 is 6.64. The van der Waals surface area contributed by atoms with Crippen LogP contribution in [-0.4, -0.2) is 39.2 Å². The molecule has 0 spiro atoms. The maximum absolute atomic E-state index is 10.6. The Balaban J connectivity index is 2.38. The van der Waals surface area contributed by atoms with Crippen LogP contribution in [0.1, 0.15) is 23.0 Å². The second kappa shape index (κ2) is 3.30. The highest BCUT2D eigenvalue weighted by Gasteiger charge is 2.24. The van der Waals surface area contributed by atoms with Crippen molar-refractivity contribution >= 4 is 5.97 Å². The number of nitrogens with zero attached hydrogens (tertiary/aromatic N) is 2. The van der Waals surface area contributed by atoms with Crippen LogP contribution in [0.4, 0.5) is 0 Å². The van der Waals surface area contributed by atoms with E-state index in [1.54, 1.807) is 0 Å². The zero-order chi connectivity index (χ0) is 10.1. The Kier molecular flexibility index (Phi) is 2.12. The SMILES string of the molecule is O=C(O)c1cc2n(n1)C(CO)CCO2. The molecule has 0 saturated heterocycles. The number of ether oxygens (including phenoxy) is 1.